The van der Waals surface area contributed by atoms with Crippen LogP contribution in [-0.4, -0.2) is 43.0 Å². The average molecular weight is 425 g/mol. The van der Waals surface area contributed by atoms with Gasteiger partial charge in [-0.15, -0.1) is 0 Å². The van der Waals surface area contributed by atoms with Crippen LogP contribution >= 0.6 is 0 Å². The number of hydrogen-bond acceptors (Lipinski definition) is 6. The molecule has 0 amide bonds. The van der Waals surface area contributed by atoms with Gasteiger partial charge in [0, 0.05) is 4.91 Å². The van der Waals surface area contributed by atoms with Gasteiger partial charge in [-0.3, -0.25) is 0 Å². The number of benzene rings is 2. The van der Waals surface area contributed by atoms with Crippen molar-refractivity contribution in [1.29, 1.82) is 0 Å². The molecule has 0 aromatic heterocycles. The second kappa shape index (κ2) is 9.78. The summed E-state index contributed by atoms with van der Waals surface area (Å²) in [5.41, 5.74) is 10.9. The van der Waals surface area contributed by atoms with E-state index < -0.39 is 36.5 Å². The van der Waals surface area contributed by atoms with E-state index in [1.165, 1.54) is 0 Å². The highest BCUT2D eigenvalue weighted by Gasteiger charge is 2.57. The molecule has 0 radical (unpaired) electrons. The van der Waals surface area contributed by atoms with Crippen LogP contribution in [0.4, 0.5) is 0 Å². The van der Waals surface area contributed by atoms with Gasteiger partial charge in [0.15, 0.2) is 12.1 Å². The van der Waals surface area contributed by atoms with E-state index in [4.69, 9.17) is 29.2 Å². The van der Waals surface area contributed by atoms with Crippen molar-refractivity contribution >= 4 is 0 Å². The highest BCUT2D eigenvalue weighted by molar-refractivity contribution is 5.14. The minimum absolute atomic E-state index is 0.113. The van der Waals surface area contributed by atoms with Gasteiger partial charge in [-0.2, -0.15) is 0 Å². The van der Waals surface area contributed by atoms with Gasteiger partial charge in [0.2, 0.25) is 0 Å². The number of rotatable bonds is 9. The molecule has 8 nitrogen and oxygen atoms in total. The summed E-state index contributed by atoms with van der Waals surface area (Å²) in [6.07, 6.45) is -2.45. The van der Waals surface area contributed by atoms with Gasteiger partial charge < -0.3 is 23.7 Å². The molecule has 0 N–H and O–H groups in total. The van der Waals surface area contributed by atoms with Crippen LogP contribution in [0.5, 0.6) is 0 Å². The summed E-state index contributed by atoms with van der Waals surface area (Å²) in [5.74, 6) is -0.764. The Bertz CT molecular complexity index is 889. The van der Waals surface area contributed by atoms with E-state index in [0.29, 0.717) is 13.2 Å². The molecule has 0 aliphatic carbocycles. The summed E-state index contributed by atoms with van der Waals surface area (Å²) >= 11 is 0. The van der Waals surface area contributed by atoms with E-state index in [9.17, 15) is 0 Å². The molecule has 5 atom stereocenters. The number of hydrogen-bond donors (Lipinski definition) is 0. The molecule has 2 aliphatic heterocycles. The van der Waals surface area contributed by atoms with Crippen molar-refractivity contribution in [2.75, 3.05) is 6.54 Å². The van der Waals surface area contributed by atoms with Gasteiger partial charge in [-0.1, -0.05) is 65.8 Å². The lowest BCUT2D eigenvalue weighted by Gasteiger charge is -2.30. The van der Waals surface area contributed by atoms with E-state index in [1.54, 1.807) is 0 Å². The Morgan fingerprint density at radius 3 is 2.29 bits per heavy atom. The SMILES string of the molecule is CC1(C)O[C@@H]2O[C@H]([C@H](CN=[N+]=[N-])OCc3ccccc3)[C@H](OCc3ccccc3)[C@H]2O1. The maximum atomic E-state index is 8.87. The molecule has 0 unspecified atom stereocenters. The summed E-state index contributed by atoms with van der Waals surface area (Å²) in [5, 5.41) is 3.74. The van der Waals surface area contributed by atoms with Crippen LogP contribution in [0, 0.1) is 0 Å². The molecule has 8 heteroatoms. The molecule has 0 bridgehead atoms. The van der Waals surface area contributed by atoms with Crippen molar-refractivity contribution in [1.82, 2.24) is 0 Å². The molecule has 2 aromatic rings. The number of nitrogens with zero attached hydrogens (tertiary/aromatic N) is 3. The topological polar surface area (TPSA) is 94.9 Å². The van der Waals surface area contributed by atoms with Gasteiger partial charge in [0.1, 0.15) is 18.3 Å². The Hall–Kier alpha value is -2.45. The third-order valence-electron chi connectivity index (χ3n) is 5.31. The number of ether oxygens (including phenoxy) is 5. The van der Waals surface area contributed by atoms with Crippen molar-refractivity contribution in [3.63, 3.8) is 0 Å². The average Bonchev–Trinajstić information content (AvgIpc) is 3.25. The molecule has 31 heavy (non-hydrogen) atoms. The Morgan fingerprint density at radius 2 is 1.65 bits per heavy atom. The molecule has 2 fully saturated rings. The fourth-order valence-corrected chi connectivity index (χ4v) is 3.91. The lowest BCUT2D eigenvalue weighted by Crippen LogP contribution is -2.44. The minimum Gasteiger partial charge on any atom is -0.371 e. The van der Waals surface area contributed by atoms with Crippen molar-refractivity contribution in [2.24, 2.45) is 5.11 Å². The molecular formula is C23H27N3O5. The van der Waals surface area contributed by atoms with E-state index in [-0.39, 0.29) is 6.54 Å². The maximum absolute atomic E-state index is 8.87. The molecule has 4 rings (SSSR count). The maximum Gasteiger partial charge on any atom is 0.190 e. The monoisotopic (exact) mass is 425 g/mol. The highest BCUT2D eigenvalue weighted by Crippen LogP contribution is 2.40. The zero-order chi connectivity index (χ0) is 21.7. The van der Waals surface area contributed by atoms with Crippen molar-refractivity contribution in [3.8, 4) is 0 Å². The fourth-order valence-electron chi connectivity index (χ4n) is 3.91. The van der Waals surface area contributed by atoms with Crippen LogP contribution in [-0.2, 0) is 36.9 Å². The van der Waals surface area contributed by atoms with E-state index in [0.717, 1.165) is 11.1 Å². The minimum atomic E-state index is -0.764. The highest BCUT2D eigenvalue weighted by atomic mass is 16.8. The first-order valence-corrected chi connectivity index (χ1v) is 10.4. The van der Waals surface area contributed by atoms with Gasteiger partial charge >= 0.3 is 0 Å². The predicted octanol–water partition coefficient (Wildman–Crippen LogP) is 4.34. The van der Waals surface area contributed by atoms with Crippen LogP contribution in [0.25, 0.3) is 10.4 Å². The predicted molar refractivity (Wildman–Crippen MR) is 113 cm³/mol. The molecular weight excluding hydrogens is 398 g/mol. The van der Waals surface area contributed by atoms with E-state index in [1.807, 2.05) is 74.5 Å². The van der Waals surface area contributed by atoms with Gasteiger partial charge in [-0.25, -0.2) is 0 Å². The second-order valence-electron chi connectivity index (χ2n) is 8.08. The number of fused-ring (bicyclic) bond motifs is 1. The first-order valence-electron chi connectivity index (χ1n) is 10.4. The standard InChI is InChI=1S/C23H27N3O5/c1-23(2)30-21-20(28-15-17-11-7-4-8-12-17)19(29-22(21)31-23)18(13-25-26-24)27-14-16-9-5-3-6-10-16/h3-12,18-22H,13-15H2,1-2H3/t18-,19+,20-,21+,22-/m0/s1. The third-order valence-corrected chi connectivity index (χ3v) is 5.31. The Kier molecular flexibility index (Phi) is 6.87. The summed E-state index contributed by atoms with van der Waals surface area (Å²) in [6.45, 7) is 4.57. The zero-order valence-electron chi connectivity index (χ0n) is 17.7. The third kappa shape index (κ3) is 5.43. The summed E-state index contributed by atoms with van der Waals surface area (Å²) in [7, 11) is 0. The number of azide groups is 1. The molecule has 2 aromatic carbocycles. The first-order chi connectivity index (χ1) is 15.1. The van der Waals surface area contributed by atoms with Crippen LogP contribution in [0.3, 0.4) is 0 Å². The Balaban J connectivity index is 1.51. The second-order valence-corrected chi connectivity index (χ2v) is 8.08. The van der Waals surface area contributed by atoms with Gasteiger partial charge in [0.25, 0.3) is 0 Å². The van der Waals surface area contributed by atoms with Crippen molar-refractivity contribution in [2.45, 2.75) is 63.6 Å². The van der Waals surface area contributed by atoms with Crippen LogP contribution < -0.4 is 0 Å². The molecule has 2 heterocycles. The van der Waals surface area contributed by atoms with Gasteiger partial charge in [0.05, 0.1) is 25.9 Å². The molecule has 2 aliphatic rings. The van der Waals surface area contributed by atoms with Crippen LogP contribution in [0.1, 0.15) is 25.0 Å². The summed E-state index contributed by atoms with van der Waals surface area (Å²) in [4.78, 5) is 2.90. The van der Waals surface area contributed by atoms with Gasteiger partial charge in [-0.05, 0) is 30.5 Å². The quantitative estimate of drug-likeness (QED) is 0.338. The smallest absolute Gasteiger partial charge is 0.190 e. The summed E-state index contributed by atoms with van der Waals surface area (Å²) < 4.78 is 30.6. The fraction of sp³-hybridized carbons (Fsp3) is 0.478. The van der Waals surface area contributed by atoms with Crippen molar-refractivity contribution < 1.29 is 23.7 Å². The van der Waals surface area contributed by atoms with Crippen molar-refractivity contribution in [3.05, 3.63) is 82.2 Å². The van der Waals surface area contributed by atoms with Crippen LogP contribution in [0.2, 0.25) is 0 Å². The first kappa shape index (κ1) is 21.8. The van der Waals surface area contributed by atoms with E-state index in [2.05, 4.69) is 10.0 Å². The lowest BCUT2D eigenvalue weighted by atomic mass is 10.0. The Labute approximate surface area is 181 Å². The summed E-state index contributed by atoms with van der Waals surface area (Å²) in [6, 6.07) is 19.7. The zero-order valence-corrected chi connectivity index (χ0v) is 17.7. The molecule has 2 saturated heterocycles. The molecule has 0 saturated carbocycles. The van der Waals surface area contributed by atoms with Crippen LogP contribution in [0.15, 0.2) is 65.8 Å². The largest absolute Gasteiger partial charge is 0.371 e. The Morgan fingerprint density at radius 1 is 1.00 bits per heavy atom. The molecule has 0 spiro atoms. The normalized spacial score (nSPS) is 27.4. The molecule has 164 valence electrons. The lowest BCUT2D eigenvalue weighted by molar-refractivity contribution is -0.233. The van der Waals surface area contributed by atoms with E-state index >= 15 is 0 Å².